The van der Waals surface area contributed by atoms with Gasteiger partial charge in [-0.15, -0.1) is 0 Å². The first-order chi connectivity index (χ1) is 7.12. The topological polar surface area (TPSA) is 38.0 Å². The molecule has 6 heteroatoms. The lowest BCUT2D eigenvalue weighted by Crippen LogP contribution is -2.64. The van der Waals surface area contributed by atoms with Crippen LogP contribution < -0.4 is 10.0 Å². The predicted octanol–water partition coefficient (Wildman–Crippen LogP) is 3.57. The van der Waals surface area contributed by atoms with Crippen LogP contribution in [-0.4, -0.2) is 32.8 Å². The lowest BCUT2D eigenvalue weighted by Gasteiger charge is -2.39. The maximum absolute atomic E-state index is 6.33. The first kappa shape index (κ1) is 17.8. The van der Waals surface area contributed by atoms with Crippen molar-refractivity contribution in [3.05, 3.63) is 0 Å². The van der Waals surface area contributed by atoms with Gasteiger partial charge in [-0.1, -0.05) is 58.9 Å². The van der Waals surface area contributed by atoms with Gasteiger partial charge in [0.05, 0.1) is 0 Å². The van der Waals surface area contributed by atoms with E-state index in [0.717, 1.165) is 0 Å². The number of rotatable bonds is 6. The van der Waals surface area contributed by atoms with Crippen molar-refractivity contribution in [1.82, 2.24) is 4.65 Å². The van der Waals surface area contributed by atoms with Crippen molar-refractivity contribution in [2.75, 3.05) is 0 Å². The molecule has 0 saturated heterocycles. The molecule has 0 radical (unpaired) electrons. The molecule has 104 valence electrons. The van der Waals surface area contributed by atoms with Crippen molar-refractivity contribution >= 4 is 32.8 Å². The molecular weight excluding hydrogens is 272 g/mol. The summed E-state index contributed by atoms with van der Waals surface area (Å²) in [5.74, 6) is 0. The average molecular weight is 307 g/mol. The Morgan fingerprint density at radius 1 is 0.706 bits per heavy atom. The second-order valence-electron chi connectivity index (χ2n) is 8.80. The molecule has 0 heterocycles. The molecule has 0 aliphatic heterocycles. The summed E-state index contributed by atoms with van der Waals surface area (Å²) in [7, 11) is -4.90. The van der Waals surface area contributed by atoms with E-state index in [-0.39, 0.29) is 0 Å². The summed E-state index contributed by atoms with van der Waals surface area (Å²) in [6, 6.07) is 0. The van der Waals surface area contributed by atoms with Gasteiger partial charge in [-0.05, 0) is 11.3 Å². The smallest absolute Gasteiger partial charge is 0.115 e. The molecule has 0 unspecified atom stereocenters. The Bertz CT molecular complexity index is 225. The van der Waals surface area contributed by atoms with E-state index >= 15 is 0 Å². The molecule has 0 aromatic rings. The van der Waals surface area contributed by atoms with Crippen LogP contribution >= 0.6 is 0 Å². The van der Waals surface area contributed by atoms with Crippen molar-refractivity contribution in [2.45, 2.75) is 70.3 Å². The summed E-state index contributed by atoms with van der Waals surface area (Å²) in [6.45, 7) is 22.0. The van der Waals surface area contributed by atoms with Crippen LogP contribution in [0.15, 0.2) is 0 Å². The Morgan fingerprint density at radius 3 is 1.35 bits per heavy atom. The summed E-state index contributed by atoms with van der Waals surface area (Å²) in [4.78, 5) is 0. The molecule has 0 saturated carbocycles. The fourth-order valence-corrected chi connectivity index (χ4v) is 32.8. The van der Waals surface area contributed by atoms with Gasteiger partial charge in [-0.2, -0.15) is 0 Å². The summed E-state index contributed by atoms with van der Waals surface area (Å²) in [5, 5.41) is 6.33. The molecule has 0 aromatic heterocycles. The van der Waals surface area contributed by atoms with Gasteiger partial charge >= 0.3 is 0 Å². The maximum Gasteiger partial charge on any atom is 0.115 e. The zero-order valence-corrected chi connectivity index (χ0v) is 17.5. The second kappa shape index (κ2) is 5.42. The van der Waals surface area contributed by atoms with Crippen LogP contribution in [0.1, 0.15) is 0 Å². The van der Waals surface area contributed by atoms with Crippen molar-refractivity contribution in [2.24, 2.45) is 5.40 Å². The second-order valence-corrected chi connectivity index (χ2v) is 29.3. The first-order valence-electron chi connectivity index (χ1n) is 6.70. The predicted molar refractivity (Wildman–Crippen MR) is 92.7 cm³/mol. The van der Waals surface area contributed by atoms with Crippen LogP contribution in [0.5, 0.6) is 0 Å². The monoisotopic (exact) mass is 306 g/mol. The summed E-state index contributed by atoms with van der Waals surface area (Å²) < 4.78 is 4.11. The van der Waals surface area contributed by atoms with E-state index in [1.54, 1.807) is 0 Å². The van der Waals surface area contributed by atoms with Crippen molar-refractivity contribution < 1.29 is 0 Å². The minimum Gasteiger partial charge on any atom is -0.360 e. The normalized spacial score (nSPS) is 15.2. The standard InChI is InChI=1S/C11H34N2Si4/c1-14(2,3)10-16(6,7)13-17(8,9)11-15(4,5)12/h13H,10-12H2,1-9H3. The third-order valence-corrected chi connectivity index (χ3v) is 22.9. The fourth-order valence-electron chi connectivity index (χ4n) is 3.47. The third kappa shape index (κ3) is 10.4. The van der Waals surface area contributed by atoms with Gasteiger partial charge in [0, 0.05) is 8.07 Å². The third-order valence-electron chi connectivity index (χ3n) is 2.55. The lowest BCUT2D eigenvalue weighted by molar-refractivity contribution is 1.25. The summed E-state index contributed by atoms with van der Waals surface area (Å²) >= 11 is 0. The quantitative estimate of drug-likeness (QED) is 0.736. The van der Waals surface area contributed by atoms with E-state index in [1.807, 2.05) is 0 Å². The molecular formula is C11H34N2Si4. The molecule has 3 N–H and O–H groups in total. The first-order valence-corrected chi connectivity index (χ1v) is 20.1. The molecule has 0 amide bonds. The SMILES string of the molecule is C[Si](C)(C)C[Si](C)(C)N[Si](C)(C)C[Si](C)(C)N. The molecule has 0 bridgehead atoms. The van der Waals surface area contributed by atoms with Gasteiger partial charge in [0.2, 0.25) is 0 Å². The molecule has 0 rings (SSSR count). The zero-order valence-electron chi connectivity index (χ0n) is 13.5. The van der Waals surface area contributed by atoms with E-state index in [0.29, 0.717) is 0 Å². The summed E-state index contributed by atoms with van der Waals surface area (Å²) in [6.07, 6.45) is 0. The van der Waals surface area contributed by atoms with Crippen LogP contribution in [-0.2, 0) is 0 Å². The Balaban J connectivity index is 4.59. The van der Waals surface area contributed by atoms with Crippen LogP contribution in [0.25, 0.3) is 0 Å². The van der Waals surface area contributed by atoms with E-state index in [2.05, 4.69) is 63.6 Å². The highest BCUT2D eigenvalue weighted by atomic mass is 28.4. The van der Waals surface area contributed by atoms with Crippen molar-refractivity contribution in [3.63, 3.8) is 0 Å². The van der Waals surface area contributed by atoms with Crippen molar-refractivity contribution in [1.29, 1.82) is 0 Å². The minimum absolute atomic E-state index is 0.950. The molecule has 0 aromatic carbocycles. The van der Waals surface area contributed by atoms with Gasteiger partial charge in [0.15, 0.2) is 0 Å². The molecule has 0 atom stereocenters. The Kier molecular flexibility index (Phi) is 5.67. The summed E-state index contributed by atoms with van der Waals surface area (Å²) in [5.41, 5.74) is 2.77. The van der Waals surface area contributed by atoms with Gasteiger partial charge < -0.3 is 10.0 Å². The highest BCUT2D eigenvalue weighted by molar-refractivity contribution is 7.02. The van der Waals surface area contributed by atoms with E-state index in [1.165, 1.54) is 11.3 Å². The number of nitrogens with two attached hydrogens (primary N) is 1. The van der Waals surface area contributed by atoms with E-state index < -0.39 is 32.8 Å². The highest BCUT2D eigenvalue weighted by Gasteiger charge is 2.37. The molecule has 0 spiro atoms. The van der Waals surface area contributed by atoms with Crippen LogP contribution in [0.2, 0.25) is 70.3 Å². The zero-order chi connectivity index (χ0) is 14.1. The van der Waals surface area contributed by atoms with E-state index in [9.17, 15) is 0 Å². The van der Waals surface area contributed by atoms with Gasteiger partial charge in [-0.3, -0.25) is 0 Å². The number of hydrogen-bond donors (Lipinski definition) is 2. The maximum atomic E-state index is 6.33. The lowest BCUT2D eigenvalue weighted by atomic mass is 11.7. The Morgan fingerprint density at radius 2 is 1.06 bits per heavy atom. The molecule has 0 fully saturated rings. The minimum atomic E-state index is -1.42. The Hall–Kier alpha value is 0.788. The van der Waals surface area contributed by atoms with Gasteiger partial charge in [-0.25, -0.2) is 0 Å². The van der Waals surface area contributed by atoms with Crippen molar-refractivity contribution in [3.8, 4) is 0 Å². The fraction of sp³-hybridized carbons (Fsp3) is 1.00. The Labute approximate surface area is 113 Å². The highest BCUT2D eigenvalue weighted by Crippen LogP contribution is 2.21. The van der Waals surface area contributed by atoms with E-state index in [4.69, 9.17) is 5.40 Å². The molecule has 17 heavy (non-hydrogen) atoms. The van der Waals surface area contributed by atoms with Gasteiger partial charge in [0.25, 0.3) is 0 Å². The average Bonchev–Trinajstić information content (AvgIpc) is 1.65. The van der Waals surface area contributed by atoms with Crippen LogP contribution in [0, 0.1) is 0 Å². The molecule has 0 aliphatic rings. The van der Waals surface area contributed by atoms with Crippen LogP contribution in [0.4, 0.5) is 0 Å². The number of nitrogens with one attached hydrogen (secondary N) is 1. The molecule has 0 aliphatic carbocycles. The largest absolute Gasteiger partial charge is 0.360 e. The van der Waals surface area contributed by atoms with Gasteiger partial charge in [0.1, 0.15) is 24.7 Å². The molecule has 2 nitrogen and oxygen atoms in total. The van der Waals surface area contributed by atoms with Crippen LogP contribution in [0.3, 0.4) is 0 Å². The number of hydrogen-bond acceptors (Lipinski definition) is 2.